The van der Waals surface area contributed by atoms with E-state index in [1.807, 2.05) is 0 Å². The zero-order valence-corrected chi connectivity index (χ0v) is 10.4. The molecule has 0 spiro atoms. The number of nitrogens with one attached hydrogen (secondary N) is 1. The molecule has 2 atom stereocenters. The minimum atomic E-state index is -1.29. The van der Waals surface area contributed by atoms with Crippen LogP contribution >= 0.6 is 12.6 Å². The molecule has 1 amide bonds. The lowest BCUT2D eigenvalue weighted by molar-refractivity contribution is -0.143. The van der Waals surface area contributed by atoms with Crippen molar-refractivity contribution in [2.24, 2.45) is 5.73 Å². The van der Waals surface area contributed by atoms with Crippen LogP contribution in [0.15, 0.2) is 0 Å². The van der Waals surface area contributed by atoms with Crippen molar-refractivity contribution < 1.29 is 24.6 Å². The molecule has 0 bridgehead atoms. The number of hydrogen-bond acceptors (Lipinski definition) is 5. The van der Waals surface area contributed by atoms with Gasteiger partial charge in [-0.05, 0) is 13.8 Å². The maximum Gasteiger partial charge on any atom is 0.327 e. The Bertz CT molecular complexity index is 326. The molecule has 8 heteroatoms. The molecule has 17 heavy (non-hydrogen) atoms. The summed E-state index contributed by atoms with van der Waals surface area (Å²) in [6.07, 6.45) is -0.564. The minimum Gasteiger partial charge on any atom is -0.481 e. The van der Waals surface area contributed by atoms with E-state index in [9.17, 15) is 14.4 Å². The topological polar surface area (TPSA) is 130 Å². The fourth-order valence-electron chi connectivity index (χ4n) is 1.07. The molecular weight excluding hydrogens is 248 g/mol. The van der Waals surface area contributed by atoms with E-state index in [2.05, 4.69) is 17.9 Å². The van der Waals surface area contributed by atoms with Gasteiger partial charge in [-0.25, -0.2) is 4.79 Å². The highest BCUT2D eigenvalue weighted by molar-refractivity contribution is 7.81. The van der Waals surface area contributed by atoms with Gasteiger partial charge in [-0.1, -0.05) is 0 Å². The lowest BCUT2D eigenvalue weighted by atomic mass is 10.0. The van der Waals surface area contributed by atoms with Crippen molar-refractivity contribution >= 4 is 30.5 Å². The second-order valence-corrected chi connectivity index (χ2v) is 5.29. The molecule has 98 valence electrons. The van der Waals surface area contributed by atoms with Crippen molar-refractivity contribution in [2.75, 3.05) is 0 Å². The molecular formula is C9H16N2O5S. The quantitative estimate of drug-likeness (QED) is 0.394. The fraction of sp³-hybridized carbons (Fsp3) is 0.667. The third-order valence-corrected chi connectivity index (χ3v) is 2.23. The number of rotatable bonds is 6. The molecule has 5 N–H and O–H groups in total. The maximum atomic E-state index is 11.4. The molecule has 0 aliphatic carbocycles. The lowest BCUT2D eigenvalue weighted by Gasteiger charge is -2.27. The van der Waals surface area contributed by atoms with E-state index in [1.165, 1.54) is 13.8 Å². The second-order valence-electron chi connectivity index (χ2n) is 4.14. The molecule has 0 rings (SSSR count). The summed E-state index contributed by atoms with van der Waals surface area (Å²) >= 11 is 4.05. The number of carbonyl (C=O) groups is 3. The van der Waals surface area contributed by atoms with Gasteiger partial charge >= 0.3 is 11.9 Å². The largest absolute Gasteiger partial charge is 0.481 e. The van der Waals surface area contributed by atoms with Gasteiger partial charge in [-0.2, -0.15) is 12.6 Å². The average molecular weight is 264 g/mol. The van der Waals surface area contributed by atoms with Gasteiger partial charge in [0.15, 0.2) is 0 Å². The first-order valence-corrected chi connectivity index (χ1v) is 5.23. The predicted octanol–water partition coefficient (Wildman–Crippen LogP) is -0.934. The van der Waals surface area contributed by atoms with E-state index >= 15 is 0 Å². The van der Waals surface area contributed by atoms with Crippen molar-refractivity contribution in [3.8, 4) is 0 Å². The van der Waals surface area contributed by atoms with Gasteiger partial charge in [0, 0.05) is 4.75 Å². The molecule has 0 heterocycles. The van der Waals surface area contributed by atoms with Crippen LogP contribution in [0.3, 0.4) is 0 Å². The van der Waals surface area contributed by atoms with E-state index < -0.39 is 41.1 Å². The molecule has 0 aliphatic rings. The molecule has 0 aromatic carbocycles. The van der Waals surface area contributed by atoms with Crippen LogP contribution in [0.25, 0.3) is 0 Å². The highest BCUT2D eigenvalue weighted by atomic mass is 32.1. The van der Waals surface area contributed by atoms with Crippen molar-refractivity contribution in [1.29, 1.82) is 0 Å². The summed E-state index contributed by atoms with van der Waals surface area (Å²) in [6.45, 7) is 3.02. The molecule has 0 unspecified atom stereocenters. The van der Waals surface area contributed by atoms with E-state index in [4.69, 9.17) is 15.9 Å². The van der Waals surface area contributed by atoms with E-state index in [1.54, 1.807) is 0 Å². The summed E-state index contributed by atoms with van der Waals surface area (Å²) in [7, 11) is 0. The fourth-order valence-corrected chi connectivity index (χ4v) is 1.25. The lowest BCUT2D eigenvalue weighted by Crippen LogP contribution is -2.55. The van der Waals surface area contributed by atoms with E-state index in [0.29, 0.717) is 0 Å². The number of hydrogen-bond donors (Lipinski definition) is 5. The van der Waals surface area contributed by atoms with Gasteiger partial charge in [0.1, 0.15) is 6.04 Å². The zero-order chi connectivity index (χ0) is 13.8. The Morgan fingerprint density at radius 3 is 2.12 bits per heavy atom. The normalized spacial score (nSPS) is 14.8. The number of amides is 1. The van der Waals surface area contributed by atoms with Gasteiger partial charge in [0.25, 0.3) is 0 Å². The van der Waals surface area contributed by atoms with Crippen LogP contribution in [0.2, 0.25) is 0 Å². The molecule has 0 saturated carbocycles. The van der Waals surface area contributed by atoms with Gasteiger partial charge in [0.05, 0.1) is 12.5 Å². The molecule has 7 nitrogen and oxygen atoms in total. The summed E-state index contributed by atoms with van der Waals surface area (Å²) in [5, 5.41) is 19.5. The molecule has 0 aromatic heterocycles. The molecule has 0 radical (unpaired) electrons. The summed E-state index contributed by atoms with van der Waals surface area (Å²) in [6, 6.07) is -2.54. The standard InChI is InChI=1S/C9H16N2O5S/c1-9(2,17)6(8(15)16)11-7(14)4(10)3-5(12)13/h4,6,17H,3,10H2,1-2H3,(H,11,14)(H,12,13)(H,15,16)/t4-,6+/m0/s1. The van der Waals surface area contributed by atoms with Crippen LogP contribution in [0.1, 0.15) is 20.3 Å². The van der Waals surface area contributed by atoms with E-state index in [0.717, 1.165) is 0 Å². The Hall–Kier alpha value is -1.28. The Kier molecular flexibility index (Phi) is 5.43. The Morgan fingerprint density at radius 2 is 1.82 bits per heavy atom. The second kappa shape index (κ2) is 5.87. The number of nitrogens with two attached hydrogens (primary N) is 1. The van der Waals surface area contributed by atoms with Gasteiger partial charge in [0.2, 0.25) is 5.91 Å². The third kappa shape index (κ3) is 5.55. The summed E-state index contributed by atoms with van der Waals surface area (Å²) in [4.78, 5) is 32.7. The average Bonchev–Trinajstić information content (AvgIpc) is 2.09. The smallest absolute Gasteiger partial charge is 0.327 e. The van der Waals surface area contributed by atoms with Gasteiger partial charge < -0.3 is 21.3 Å². The summed E-state index contributed by atoms with van der Waals surface area (Å²) in [5.74, 6) is -3.33. The Labute approximate surface area is 104 Å². The minimum absolute atomic E-state index is 0.564. The first-order chi connectivity index (χ1) is 7.55. The summed E-state index contributed by atoms with van der Waals surface area (Å²) < 4.78 is -0.996. The highest BCUT2D eigenvalue weighted by Gasteiger charge is 2.34. The van der Waals surface area contributed by atoms with Gasteiger partial charge in [-0.3, -0.25) is 9.59 Å². The van der Waals surface area contributed by atoms with Crippen LogP contribution in [-0.4, -0.2) is 44.9 Å². The van der Waals surface area contributed by atoms with Crippen LogP contribution in [0.4, 0.5) is 0 Å². The number of carboxylic acids is 2. The van der Waals surface area contributed by atoms with Crippen LogP contribution in [0, 0.1) is 0 Å². The predicted molar refractivity (Wildman–Crippen MR) is 62.9 cm³/mol. The van der Waals surface area contributed by atoms with Crippen molar-refractivity contribution in [3.63, 3.8) is 0 Å². The first kappa shape index (κ1) is 15.7. The van der Waals surface area contributed by atoms with Crippen molar-refractivity contribution in [2.45, 2.75) is 37.1 Å². The van der Waals surface area contributed by atoms with E-state index in [-0.39, 0.29) is 0 Å². The molecule has 0 saturated heterocycles. The number of carbonyl (C=O) groups excluding carboxylic acids is 1. The monoisotopic (exact) mass is 264 g/mol. The van der Waals surface area contributed by atoms with Crippen molar-refractivity contribution in [3.05, 3.63) is 0 Å². The first-order valence-electron chi connectivity index (χ1n) is 4.78. The third-order valence-electron chi connectivity index (χ3n) is 1.97. The SMILES string of the molecule is CC(C)(S)[C@H](NC(=O)[C@@H](N)CC(=O)O)C(=O)O. The van der Waals surface area contributed by atoms with Crippen LogP contribution < -0.4 is 11.1 Å². The van der Waals surface area contributed by atoms with Crippen molar-refractivity contribution in [1.82, 2.24) is 5.32 Å². The molecule has 0 aromatic rings. The number of carboxylic acid groups (broad SMARTS) is 2. The zero-order valence-electron chi connectivity index (χ0n) is 9.51. The molecule has 0 aliphatic heterocycles. The Morgan fingerprint density at radius 1 is 1.35 bits per heavy atom. The molecule has 0 fully saturated rings. The van der Waals surface area contributed by atoms with Crippen LogP contribution in [0.5, 0.6) is 0 Å². The number of thiol groups is 1. The van der Waals surface area contributed by atoms with Crippen LogP contribution in [-0.2, 0) is 14.4 Å². The number of aliphatic carboxylic acids is 2. The summed E-state index contributed by atoms with van der Waals surface area (Å²) in [5.41, 5.74) is 5.30. The van der Waals surface area contributed by atoms with Gasteiger partial charge in [-0.15, -0.1) is 0 Å². The Balaban J connectivity index is 4.63. The maximum absolute atomic E-state index is 11.4. The highest BCUT2D eigenvalue weighted by Crippen LogP contribution is 2.17.